The van der Waals surface area contributed by atoms with E-state index in [2.05, 4.69) is 12.0 Å². The van der Waals surface area contributed by atoms with E-state index in [0.29, 0.717) is 6.04 Å². The zero-order valence-corrected chi connectivity index (χ0v) is 6.68. The van der Waals surface area contributed by atoms with E-state index in [4.69, 9.17) is 0 Å². The third-order valence-electron chi connectivity index (χ3n) is 2.11. The molecule has 1 fully saturated rings. The summed E-state index contributed by atoms with van der Waals surface area (Å²) in [6, 6.07) is 2.24. The van der Waals surface area contributed by atoms with Gasteiger partial charge in [-0.25, -0.2) is 0 Å². The van der Waals surface area contributed by atoms with Gasteiger partial charge in [0, 0.05) is 32.4 Å². The number of hydrogen-bond donors (Lipinski definition) is 0. The molecule has 4 heteroatoms. The Morgan fingerprint density at radius 1 is 1.58 bits per heavy atom. The molecule has 1 aromatic rings. The SMILES string of the molecule is [CH2]C(=O)N1CC(n2cccn2)C1. The van der Waals surface area contributed by atoms with Crippen molar-refractivity contribution in [2.45, 2.75) is 6.04 Å². The van der Waals surface area contributed by atoms with Crippen molar-refractivity contribution in [3.05, 3.63) is 25.4 Å². The predicted octanol–water partition coefficient (Wildman–Crippen LogP) is 0.100. The lowest BCUT2D eigenvalue weighted by Gasteiger charge is -2.38. The molecule has 0 atom stereocenters. The zero-order valence-electron chi connectivity index (χ0n) is 6.68. The fourth-order valence-corrected chi connectivity index (χ4v) is 1.32. The molecule has 0 aliphatic carbocycles. The highest BCUT2D eigenvalue weighted by molar-refractivity contribution is 5.81. The summed E-state index contributed by atoms with van der Waals surface area (Å²) in [7, 11) is 0. The minimum Gasteiger partial charge on any atom is -0.338 e. The van der Waals surface area contributed by atoms with Gasteiger partial charge in [0.1, 0.15) is 0 Å². The minimum atomic E-state index is -0.0987. The van der Waals surface area contributed by atoms with Gasteiger partial charge in [0.15, 0.2) is 0 Å². The van der Waals surface area contributed by atoms with E-state index >= 15 is 0 Å². The monoisotopic (exact) mass is 164 g/mol. The number of carbonyl (C=O) groups is 1. The maximum atomic E-state index is 10.7. The molecule has 63 valence electrons. The van der Waals surface area contributed by atoms with Crippen LogP contribution in [-0.2, 0) is 4.79 Å². The van der Waals surface area contributed by atoms with Crippen LogP contribution in [0.4, 0.5) is 0 Å². The van der Waals surface area contributed by atoms with E-state index in [-0.39, 0.29) is 5.91 Å². The number of likely N-dealkylation sites (tertiary alicyclic amines) is 1. The number of aromatic nitrogens is 2. The summed E-state index contributed by atoms with van der Waals surface area (Å²) in [5.74, 6) is -0.0987. The van der Waals surface area contributed by atoms with Gasteiger partial charge < -0.3 is 4.90 Å². The molecular weight excluding hydrogens is 154 g/mol. The van der Waals surface area contributed by atoms with Crippen LogP contribution >= 0.6 is 0 Å². The summed E-state index contributed by atoms with van der Waals surface area (Å²) in [6.07, 6.45) is 3.66. The molecule has 0 unspecified atom stereocenters. The van der Waals surface area contributed by atoms with Crippen LogP contribution in [-0.4, -0.2) is 33.7 Å². The fraction of sp³-hybridized carbons (Fsp3) is 0.375. The molecule has 1 aliphatic heterocycles. The van der Waals surface area contributed by atoms with Crippen LogP contribution in [0, 0.1) is 6.92 Å². The lowest BCUT2D eigenvalue weighted by Crippen LogP contribution is -2.50. The van der Waals surface area contributed by atoms with Gasteiger partial charge in [0.25, 0.3) is 0 Å². The molecule has 0 saturated carbocycles. The summed E-state index contributed by atoms with van der Waals surface area (Å²) < 4.78 is 1.87. The van der Waals surface area contributed by atoms with E-state index in [0.717, 1.165) is 13.1 Å². The van der Waals surface area contributed by atoms with Crippen molar-refractivity contribution in [1.29, 1.82) is 0 Å². The smallest absolute Gasteiger partial charge is 0.223 e. The van der Waals surface area contributed by atoms with Gasteiger partial charge in [0.05, 0.1) is 6.04 Å². The van der Waals surface area contributed by atoms with Gasteiger partial charge in [0.2, 0.25) is 5.91 Å². The Morgan fingerprint density at radius 2 is 2.33 bits per heavy atom. The third-order valence-corrected chi connectivity index (χ3v) is 2.11. The highest BCUT2D eigenvalue weighted by Gasteiger charge is 2.29. The van der Waals surface area contributed by atoms with E-state index in [1.807, 2.05) is 16.9 Å². The second kappa shape index (κ2) is 2.62. The number of nitrogens with zero attached hydrogens (tertiary/aromatic N) is 3. The Labute approximate surface area is 70.8 Å². The molecular formula is C8H10N3O. The summed E-state index contributed by atoms with van der Waals surface area (Å²) in [5.41, 5.74) is 0. The number of amides is 1. The predicted molar refractivity (Wildman–Crippen MR) is 43.2 cm³/mol. The van der Waals surface area contributed by atoms with Crippen LogP contribution in [0.25, 0.3) is 0 Å². The molecule has 0 bridgehead atoms. The first-order valence-corrected chi connectivity index (χ1v) is 3.87. The van der Waals surface area contributed by atoms with Crippen molar-refractivity contribution in [2.75, 3.05) is 13.1 Å². The number of hydrogen-bond acceptors (Lipinski definition) is 2. The van der Waals surface area contributed by atoms with Crippen molar-refractivity contribution < 1.29 is 4.79 Å². The topological polar surface area (TPSA) is 38.1 Å². The maximum Gasteiger partial charge on any atom is 0.223 e. The quantitative estimate of drug-likeness (QED) is 0.590. The van der Waals surface area contributed by atoms with Gasteiger partial charge in [-0.05, 0) is 6.07 Å². The van der Waals surface area contributed by atoms with E-state index in [9.17, 15) is 4.79 Å². The van der Waals surface area contributed by atoms with Gasteiger partial charge in [-0.2, -0.15) is 5.10 Å². The molecule has 2 heterocycles. The second-order valence-electron chi connectivity index (χ2n) is 2.94. The molecule has 4 nitrogen and oxygen atoms in total. The molecule has 1 aliphatic rings. The van der Waals surface area contributed by atoms with Crippen LogP contribution in [0.1, 0.15) is 6.04 Å². The third kappa shape index (κ3) is 1.09. The fourth-order valence-electron chi connectivity index (χ4n) is 1.32. The summed E-state index contributed by atoms with van der Waals surface area (Å²) >= 11 is 0. The maximum absolute atomic E-state index is 10.7. The average molecular weight is 164 g/mol. The first-order chi connectivity index (χ1) is 5.77. The van der Waals surface area contributed by atoms with Crippen LogP contribution in [0.2, 0.25) is 0 Å². The number of rotatable bonds is 1. The van der Waals surface area contributed by atoms with E-state index in [1.165, 1.54) is 0 Å². The van der Waals surface area contributed by atoms with Crippen molar-refractivity contribution in [1.82, 2.24) is 14.7 Å². The summed E-state index contributed by atoms with van der Waals surface area (Å²) in [6.45, 7) is 4.81. The highest BCUT2D eigenvalue weighted by atomic mass is 16.2. The molecule has 1 amide bonds. The molecule has 1 saturated heterocycles. The minimum absolute atomic E-state index is 0.0987. The molecule has 0 N–H and O–H groups in total. The van der Waals surface area contributed by atoms with Crippen molar-refractivity contribution in [3.8, 4) is 0 Å². The van der Waals surface area contributed by atoms with Crippen molar-refractivity contribution in [2.24, 2.45) is 0 Å². The van der Waals surface area contributed by atoms with Crippen LogP contribution in [0.3, 0.4) is 0 Å². The van der Waals surface area contributed by atoms with Crippen LogP contribution in [0.5, 0.6) is 0 Å². The zero-order chi connectivity index (χ0) is 8.55. The lowest BCUT2D eigenvalue weighted by molar-refractivity contribution is -0.132. The Kier molecular flexibility index (Phi) is 1.60. The standard InChI is InChI=1S/C8H10N3O/c1-7(12)10-5-8(6-10)11-4-2-3-9-11/h2-4,8H,1,5-6H2. The summed E-state index contributed by atoms with van der Waals surface area (Å²) in [4.78, 5) is 12.4. The molecule has 1 radical (unpaired) electrons. The highest BCUT2D eigenvalue weighted by Crippen LogP contribution is 2.19. The van der Waals surface area contributed by atoms with E-state index < -0.39 is 0 Å². The molecule has 2 rings (SSSR count). The van der Waals surface area contributed by atoms with Gasteiger partial charge in [-0.1, -0.05) is 0 Å². The molecule has 12 heavy (non-hydrogen) atoms. The Morgan fingerprint density at radius 3 is 2.83 bits per heavy atom. The van der Waals surface area contributed by atoms with Gasteiger partial charge in [-0.3, -0.25) is 9.48 Å². The normalized spacial score (nSPS) is 17.6. The Bertz CT molecular complexity index is 275. The molecule has 0 spiro atoms. The molecule has 0 aromatic carbocycles. The van der Waals surface area contributed by atoms with Gasteiger partial charge in [-0.15, -0.1) is 0 Å². The average Bonchev–Trinajstić information content (AvgIpc) is 2.34. The Balaban J connectivity index is 1.94. The summed E-state index contributed by atoms with van der Waals surface area (Å²) in [5, 5.41) is 4.09. The molecule has 1 aromatic heterocycles. The number of carbonyl (C=O) groups excluding carboxylic acids is 1. The van der Waals surface area contributed by atoms with Crippen molar-refractivity contribution in [3.63, 3.8) is 0 Å². The van der Waals surface area contributed by atoms with Crippen LogP contribution in [0.15, 0.2) is 18.5 Å². The Hall–Kier alpha value is -1.32. The van der Waals surface area contributed by atoms with Crippen LogP contribution < -0.4 is 0 Å². The first-order valence-electron chi connectivity index (χ1n) is 3.87. The first kappa shape index (κ1) is 7.34. The van der Waals surface area contributed by atoms with E-state index in [1.54, 1.807) is 11.1 Å². The largest absolute Gasteiger partial charge is 0.338 e. The van der Waals surface area contributed by atoms with Crippen molar-refractivity contribution >= 4 is 5.91 Å². The van der Waals surface area contributed by atoms with Gasteiger partial charge >= 0.3 is 0 Å². The lowest BCUT2D eigenvalue weighted by atomic mass is 10.1. The second-order valence-corrected chi connectivity index (χ2v) is 2.94.